The lowest BCUT2D eigenvalue weighted by atomic mass is 9.88. The molecule has 0 saturated heterocycles. The lowest BCUT2D eigenvalue weighted by Crippen LogP contribution is -2.74. The average Bonchev–Trinajstić information content (AvgIpc) is 3.16. The molecule has 0 aliphatic carbocycles. The van der Waals surface area contributed by atoms with Gasteiger partial charge in [0.05, 0.1) is 6.33 Å². The molecule has 198 valence electrons. The number of ketones is 1. The van der Waals surface area contributed by atoms with E-state index in [2.05, 4.69) is 4.98 Å². The average molecular weight is 542 g/mol. The number of carbonyl (C=O) groups is 1. The third-order valence-electron chi connectivity index (χ3n) is 4.26. The fourth-order valence-corrected chi connectivity index (χ4v) is 2.23. The molecule has 0 aromatic carbocycles. The first-order valence-corrected chi connectivity index (χ1v) is 8.00. The Bertz CT molecular complexity index is 914. The van der Waals surface area contributed by atoms with Crippen LogP contribution >= 0.6 is 0 Å². The summed E-state index contributed by atoms with van der Waals surface area (Å²) in [4.78, 5) is 15.1. The quantitative estimate of drug-likeness (QED) is 0.288. The highest BCUT2D eigenvalue weighted by atomic mass is 19.4. The molecule has 1 heterocycles. The van der Waals surface area contributed by atoms with Gasteiger partial charge in [-0.05, 0) is 0 Å². The first-order valence-electron chi connectivity index (χ1n) is 8.00. The summed E-state index contributed by atoms with van der Waals surface area (Å²) in [5, 5.41) is 0. The Hall–Kier alpha value is -2.31. The maximum absolute atomic E-state index is 14.1. The second-order valence-electron chi connectivity index (χ2n) is 6.42. The van der Waals surface area contributed by atoms with Gasteiger partial charge in [-0.1, -0.05) is 6.92 Å². The van der Waals surface area contributed by atoms with Crippen molar-refractivity contribution in [3.05, 3.63) is 17.7 Å². The van der Waals surface area contributed by atoms with E-state index in [-0.39, 0.29) is 6.33 Å². The number of aromatic amines is 1. The molecule has 0 radical (unpaired) electrons. The molecule has 0 atom stereocenters. The van der Waals surface area contributed by atoms with Gasteiger partial charge in [-0.3, -0.25) is 4.79 Å². The van der Waals surface area contributed by atoms with Crippen LogP contribution in [0.1, 0.15) is 29.5 Å². The van der Waals surface area contributed by atoms with E-state index < -0.39 is 71.2 Å². The molecule has 0 aliphatic heterocycles. The van der Waals surface area contributed by atoms with Crippen LogP contribution in [0.3, 0.4) is 0 Å². The van der Waals surface area contributed by atoms with Crippen LogP contribution < -0.4 is 0 Å². The fourth-order valence-electron chi connectivity index (χ4n) is 2.23. The largest absolute Gasteiger partial charge is 0.460 e. The molecule has 0 bridgehead atoms. The molecular weight excluding hydrogens is 535 g/mol. The summed E-state index contributed by atoms with van der Waals surface area (Å²) in [5.74, 6) is -59.0. The highest BCUT2D eigenvalue weighted by molar-refractivity contribution is 5.95. The monoisotopic (exact) mass is 542 g/mol. The molecule has 0 unspecified atom stereocenters. The van der Waals surface area contributed by atoms with E-state index in [1.807, 2.05) is 0 Å². The fraction of sp³-hybridized carbons (Fsp3) is 0.714. The highest BCUT2D eigenvalue weighted by Gasteiger charge is 2.95. The van der Waals surface area contributed by atoms with Crippen molar-refractivity contribution < 1.29 is 79.4 Å². The van der Waals surface area contributed by atoms with Gasteiger partial charge in [-0.25, -0.2) is 4.98 Å². The van der Waals surface area contributed by atoms with Crippen molar-refractivity contribution in [2.24, 2.45) is 0 Å². The van der Waals surface area contributed by atoms with Gasteiger partial charge >= 0.3 is 47.6 Å². The first-order chi connectivity index (χ1) is 14.7. The molecule has 0 amide bonds. The Morgan fingerprint density at radius 1 is 0.676 bits per heavy atom. The number of rotatable bonds is 9. The van der Waals surface area contributed by atoms with Gasteiger partial charge < -0.3 is 4.98 Å². The minimum Gasteiger partial charge on any atom is -0.343 e. The molecule has 0 fully saturated rings. The Morgan fingerprint density at radius 2 is 1.03 bits per heavy atom. The van der Waals surface area contributed by atoms with E-state index in [1.54, 1.807) is 0 Å². The number of aromatic nitrogens is 2. The molecular formula is C14H7F17N2O. The molecule has 0 aliphatic rings. The zero-order chi connectivity index (χ0) is 27.6. The normalized spacial score (nSPS) is 15.6. The first kappa shape index (κ1) is 29.7. The van der Waals surface area contributed by atoms with Gasteiger partial charge in [0.15, 0.2) is 5.78 Å². The van der Waals surface area contributed by atoms with E-state index in [0.29, 0.717) is 0 Å². The van der Waals surface area contributed by atoms with Crippen molar-refractivity contribution in [1.82, 2.24) is 9.97 Å². The van der Waals surface area contributed by atoms with Crippen molar-refractivity contribution in [2.75, 3.05) is 0 Å². The van der Waals surface area contributed by atoms with E-state index in [1.165, 1.54) is 0 Å². The second kappa shape index (κ2) is 7.85. The van der Waals surface area contributed by atoms with Crippen LogP contribution in [0.4, 0.5) is 74.6 Å². The van der Waals surface area contributed by atoms with Crippen LogP contribution in [0.15, 0.2) is 6.33 Å². The molecule has 1 aromatic heterocycles. The zero-order valence-corrected chi connectivity index (χ0v) is 15.6. The third kappa shape index (κ3) is 3.57. The predicted octanol–water partition coefficient (Wildman–Crippen LogP) is 6.47. The summed E-state index contributed by atoms with van der Waals surface area (Å²) >= 11 is 0. The number of alkyl halides is 17. The summed E-state index contributed by atoms with van der Waals surface area (Å²) in [6.07, 6.45) is -8.73. The Morgan fingerprint density at radius 3 is 1.38 bits per heavy atom. The molecule has 0 spiro atoms. The van der Waals surface area contributed by atoms with Crippen molar-refractivity contribution in [3.8, 4) is 0 Å². The van der Waals surface area contributed by atoms with E-state index in [9.17, 15) is 79.4 Å². The number of imidazole rings is 1. The number of hydrogen-bond donors (Lipinski definition) is 1. The number of nitrogens with zero attached hydrogens (tertiary/aromatic N) is 1. The number of H-pyrrole nitrogens is 1. The lowest BCUT2D eigenvalue weighted by Gasteiger charge is -2.42. The smallest absolute Gasteiger partial charge is 0.343 e. The topological polar surface area (TPSA) is 45.8 Å². The van der Waals surface area contributed by atoms with Crippen LogP contribution in [-0.4, -0.2) is 57.5 Å². The lowest BCUT2D eigenvalue weighted by molar-refractivity contribution is -0.462. The molecule has 1 N–H and O–H groups in total. The third-order valence-corrected chi connectivity index (χ3v) is 4.26. The number of Topliss-reactive ketones (excluding diaryl/α,β-unsaturated/α-hetero) is 1. The minimum atomic E-state index is -8.71. The summed E-state index contributed by atoms with van der Waals surface area (Å²) in [7, 11) is 0. The van der Waals surface area contributed by atoms with Crippen molar-refractivity contribution in [3.63, 3.8) is 0 Å². The van der Waals surface area contributed by atoms with Crippen LogP contribution in [0.25, 0.3) is 0 Å². The zero-order valence-electron chi connectivity index (χ0n) is 15.6. The predicted molar refractivity (Wildman–Crippen MR) is 72.8 cm³/mol. The number of nitrogens with one attached hydrogen (secondary N) is 1. The molecule has 3 nitrogen and oxygen atoms in total. The maximum Gasteiger partial charge on any atom is 0.460 e. The van der Waals surface area contributed by atoms with Gasteiger partial charge in [-0.2, -0.15) is 74.6 Å². The van der Waals surface area contributed by atoms with Gasteiger partial charge in [0, 0.05) is 6.42 Å². The Labute approximate surface area is 175 Å². The van der Waals surface area contributed by atoms with Crippen LogP contribution in [-0.2, 0) is 5.92 Å². The Kier molecular flexibility index (Phi) is 6.87. The highest BCUT2D eigenvalue weighted by Crippen LogP contribution is 2.65. The minimum absolute atomic E-state index is 0.0505. The van der Waals surface area contributed by atoms with Gasteiger partial charge in [-0.15, -0.1) is 0 Å². The molecule has 1 aromatic rings. The number of carbonyl (C=O) groups excluding carboxylic acids is 1. The van der Waals surface area contributed by atoms with Crippen LogP contribution in [0.2, 0.25) is 0 Å². The SMILES string of the molecule is CCC(=O)c1nc[nH]c1C(F)(F)C(F)(F)C(F)(F)C(F)(F)C(F)(F)C(F)(F)C(F)(F)C(F)(F)F. The van der Waals surface area contributed by atoms with Gasteiger partial charge in [0.2, 0.25) is 0 Å². The second-order valence-corrected chi connectivity index (χ2v) is 6.42. The van der Waals surface area contributed by atoms with E-state index >= 15 is 0 Å². The summed E-state index contributed by atoms with van der Waals surface area (Å²) in [5.41, 5.74) is -4.51. The molecule has 20 heteroatoms. The maximum atomic E-state index is 14.1. The summed E-state index contributed by atoms with van der Waals surface area (Å²) in [6, 6.07) is 0. The summed E-state index contributed by atoms with van der Waals surface area (Å²) < 4.78 is 225. The molecule has 34 heavy (non-hydrogen) atoms. The van der Waals surface area contributed by atoms with Crippen LogP contribution in [0, 0.1) is 0 Å². The van der Waals surface area contributed by atoms with Crippen molar-refractivity contribution >= 4 is 5.78 Å². The molecule has 1 rings (SSSR count). The number of hydrogen-bond acceptors (Lipinski definition) is 2. The Balaban J connectivity index is 3.76. The standard InChI is InChI=1S/C14H7F17N2O/c1-2-4(34)5-6(33-3-32-5)7(15,16)8(17,18)9(19,20)10(21,22)11(23,24)12(25,26)13(27,28)14(29,30)31/h3H,2H2,1H3,(H,32,33). The van der Waals surface area contributed by atoms with Gasteiger partial charge in [0.25, 0.3) is 0 Å². The molecule has 0 saturated carbocycles. The van der Waals surface area contributed by atoms with Crippen molar-refractivity contribution in [1.29, 1.82) is 0 Å². The van der Waals surface area contributed by atoms with Gasteiger partial charge in [0.1, 0.15) is 11.4 Å². The van der Waals surface area contributed by atoms with E-state index in [0.717, 1.165) is 11.9 Å². The summed E-state index contributed by atoms with van der Waals surface area (Å²) in [6.45, 7) is 0.864. The van der Waals surface area contributed by atoms with E-state index in [4.69, 9.17) is 0 Å². The van der Waals surface area contributed by atoms with Crippen molar-refractivity contribution in [2.45, 2.75) is 61.0 Å². The van der Waals surface area contributed by atoms with Crippen LogP contribution in [0.5, 0.6) is 0 Å². The number of halogens is 17.